The molecule has 1 aromatic rings. The maximum atomic E-state index is 14.0. The topological polar surface area (TPSA) is 15.3 Å². The van der Waals surface area contributed by atoms with Crippen molar-refractivity contribution in [3.8, 4) is 0 Å². The Morgan fingerprint density at radius 3 is 2.75 bits per heavy atom. The molecular weight excluding hydrogens is 350 g/mol. The van der Waals surface area contributed by atoms with Crippen molar-refractivity contribution in [2.24, 2.45) is 0 Å². The van der Waals surface area contributed by atoms with E-state index in [2.05, 4.69) is 26.1 Å². The van der Waals surface area contributed by atoms with E-state index in [9.17, 15) is 8.78 Å². The van der Waals surface area contributed by atoms with E-state index in [0.717, 1.165) is 19.5 Å². The summed E-state index contributed by atoms with van der Waals surface area (Å²) in [6.07, 6.45) is 3.47. The first kappa shape index (κ1) is 16.1. The molecule has 20 heavy (non-hydrogen) atoms. The molecule has 0 spiro atoms. The number of nitrogens with zero attached hydrogens (tertiary/aromatic N) is 1. The molecule has 0 aromatic heterocycles. The van der Waals surface area contributed by atoms with E-state index < -0.39 is 11.6 Å². The molecule has 2 fully saturated rings. The van der Waals surface area contributed by atoms with Gasteiger partial charge in [0.25, 0.3) is 0 Å². The van der Waals surface area contributed by atoms with Gasteiger partial charge in [-0.1, -0.05) is 0 Å². The van der Waals surface area contributed by atoms with E-state index in [4.69, 9.17) is 0 Å². The fourth-order valence-electron chi connectivity index (χ4n) is 3.10. The summed E-state index contributed by atoms with van der Waals surface area (Å²) in [4.78, 5) is 2.16. The van der Waals surface area contributed by atoms with Crippen LogP contribution < -0.4 is 5.32 Å². The Labute approximate surface area is 132 Å². The van der Waals surface area contributed by atoms with Gasteiger partial charge in [-0.05, 0) is 47.3 Å². The van der Waals surface area contributed by atoms with Gasteiger partial charge in [-0.25, -0.2) is 8.78 Å². The first-order valence-electron chi connectivity index (χ1n) is 6.74. The molecule has 2 unspecified atom stereocenters. The van der Waals surface area contributed by atoms with Crippen LogP contribution in [0.5, 0.6) is 0 Å². The lowest BCUT2D eigenvalue weighted by atomic mass is 10.1. The largest absolute Gasteiger partial charge is 0.310 e. The van der Waals surface area contributed by atoms with Crippen molar-refractivity contribution in [2.45, 2.75) is 37.9 Å². The third-order valence-electron chi connectivity index (χ3n) is 4.13. The second-order valence-electron chi connectivity index (χ2n) is 5.48. The van der Waals surface area contributed by atoms with Crippen molar-refractivity contribution < 1.29 is 8.78 Å². The van der Waals surface area contributed by atoms with Crippen molar-refractivity contribution in [3.63, 3.8) is 0 Å². The van der Waals surface area contributed by atoms with Crippen LogP contribution in [-0.2, 0) is 6.54 Å². The molecule has 2 heterocycles. The highest BCUT2D eigenvalue weighted by Gasteiger charge is 2.29. The second-order valence-corrected chi connectivity index (χ2v) is 6.34. The summed E-state index contributed by atoms with van der Waals surface area (Å²) in [6, 6.07) is 3.81. The SMILES string of the molecule is Cl.Fc1ccc(Br)c(F)c1CN1CCC2CCC(C1)N2. The lowest BCUT2D eigenvalue weighted by Gasteiger charge is -2.24. The molecular formula is C14H18BrClF2N2. The molecule has 0 aliphatic carbocycles. The predicted molar refractivity (Wildman–Crippen MR) is 81.1 cm³/mol. The molecule has 2 nitrogen and oxygen atoms in total. The number of hydrogen-bond donors (Lipinski definition) is 1. The predicted octanol–water partition coefficient (Wildman–Crippen LogP) is 3.48. The summed E-state index contributed by atoms with van der Waals surface area (Å²) < 4.78 is 28.1. The average molecular weight is 368 g/mol. The van der Waals surface area contributed by atoms with Gasteiger partial charge in [0.05, 0.1) is 4.47 Å². The fraction of sp³-hybridized carbons (Fsp3) is 0.571. The molecule has 1 aromatic carbocycles. The van der Waals surface area contributed by atoms with Gasteiger partial charge < -0.3 is 5.32 Å². The monoisotopic (exact) mass is 366 g/mol. The number of halogens is 4. The summed E-state index contributed by atoms with van der Waals surface area (Å²) in [7, 11) is 0. The Morgan fingerprint density at radius 2 is 1.95 bits per heavy atom. The average Bonchev–Trinajstić information content (AvgIpc) is 2.72. The summed E-state index contributed by atoms with van der Waals surface area (Å²) in [5.41, 5.74) is 0.173. The van der Waals surface area contributed by atoms with Crippen LogP contribution in [0.4, 0.5) is 8.78 Å². The van der Waals surface area contributed by atoms with Crippen LogP contribution in [0.15, 0.2) is 16.6 Å². The smallest absolute Gasteiger partial charge is 0.144 e. The van der Waals surface area contributed by atoms with Gasteiger partial charge in [0.2, 0.25) is 0 Å². The van der Waals surface area contributed by atoms with E-state index >= 15 is 0 Å². The van der Waals surface area contributed by atoms with Crippen molar-refractivity contribution >= 4 is 28.3 Å². The van der Waals surface area contributed by atoms with Crippen LogP contribution in [0.1, 0.15) is 24.8 Å². The van der Waals surface area contributed by atoms with Crippen LogP contribution in [0, 0.1) is 11.6 Å². The van der Waals surface area contributed by atoms with Crippen LogP contribution in [0.25, 0.3) is 0 Å². The van der Waals surface area contributed by atoms with Crippen LogP contribution in [0.3, 0.4) is 0 Å². The lowest BCUT2D eigenvalue weighted by molar-refractivity contribution is 0.244. The molecule has 6 heteroatoms. The molecule has 0 amide bonds. The maximum absolute atomic E-state index is 14.0. The number of benzene rings is 1. The molecule has 112 valence electrons. The Morgan fingerprint density at radius 1 is 1.20 bits per heavy atom. The Hall–Kier alpha value is -0.230. The van der Waals surface area contributed by atoms with Gasteiger partial charge in [-0.2, -0.15) is 0 Å². The molecule has 1 N–H and O–H groups in total. The number of nitrogens with one attached hydrogen (secondary N) is 1. The van der Waals surface area contributed by atoms with Crippen molar-refractivity contribution in [3.05, 3.63) is 33.8 Å². The van der Waals surface area contributed by atoms with Gasteiger partial charge in [0.15, 0.2) is 0 Å². The summed E-state index contributed by atoms with van der Waals surface area (Å²) >= 11 is 3.12. The van der Waals surface area contributed by atoms with Crippen LogP contribution in [0.2, 0.25) is 0 Å². The first-order valence-corrected chi connectivity index (χ1v) is 7.53. The van der Waals surface area contributed by atoms with Gasteiger partial charge in [0, 0.05) is 37.3 Å². The summed E-state index contributed by atoms with van der Waals surface area (Å²) in [5, 5.41) is 3.57. The second kappa shape index (κ2) is 6.69. The minimum absolute atomic E-state index is 0. The molecule has 0 saturated carbocycles. The highest BCUT2D eigenvalue weighted by atomic mass is 79.9. The Kier molecular flexibility index (Phi) is 5.40. The number of hydrogen-bond acceptors (Lipinski definition) is 2. The number of rotatable bonds is 2. The minimum atomic E-state index is -0.470. The van der Waals surface area contributed by atoms with Crippen molar-refractivity contribution in [1.82, 2.24) is 10.2 Å². The van der Waals surface area contributed by atoms with E-state index in [1.807, 2.05) is 0 Å². The zero-order valence-electron chi connectivity index (χ0n) is 11.0. The van der Waals surface area contributed by atoms with Gasteiger partial charge in [-0.3, -0.25) is 4.90 Å². The normalized spacial score (nSPS) is 26.1. The van der Waals surface area contributed by atoms with E-state index in [0.29, 0.717) is 23.1 Å². The highest BCUT2D eigenvalue weighted by molar-refractivity contribution is 9.10. The number of fused-ring (bicyclic) bond motifs is 2. The van der Waals surface area contributed by atoms with E-state index in [1.165, 1.54) is 25.0 Å². The third kappa shape index (κ3) is 3.32. The molecule has 2 saturated heterocycles. The highest BCUT2D eigenvalue weighted by Crippen LogP contribution is 2.25. The zero-order valence-corrected chi connectivity index (χ0v) is 13.4. The Balaban J connectivity index is 0.00000147. The van der Waals surface area contributed by atoms with Crippen LogP contribution in [-0.4, -0.2) is 30.1 Å². The molecule has 2 bridgehead atoms. The summed E-state index contributed by atoms with van der Waals surface area (Å²) in [6.45, 7) is 2.13. The van der Waals surface area contributed by atoms with Gasteiger partial charge in [0.1, 0.15) is 11.6 Å². The zero-order chi connectivity index (χ0) is 13.4. The molecule has 0 radical (unpaired) electrons. The van der Waals surface area contributed by atoms with Crippen molar-refractivity contribution in [2.75, 3.05) is 13.1 Å². The first-order chi connectivity index (χ1) is 9.13. The molecule has 2 atom stereocenters. The summed E-state index contributed by atoms with van der Waals surface area (Å²) in [5.74, 6) is -0.926. The molecule has 3 rings (SSSR count). The molecule has 2 aliphatic rings. The maximum Gasteiger partial charge on any atom is 0.144 e. The van der Waals surface area contributed by atoms with E-state index in [1.54, 1.807) is 0 Å². The van der Waals surface area contributed by atoms with Gasteiger partial charge in [-0.15, -0.1) is 12.4 Å². The van der Waals surface area contributed by atoms with E-state index in [-0.39, 0.29) is 18.0 Å². The number of likely N-dealkylation sites (tertiary alicyclic amines) is 1. The van der Waals surface area contributed by atoms with Gasteiger partial charge >= 0.3 is 0 Å². The lowest BCUT2D eigenvalue weighted by Crippen LogP contribution is -2.35. The quantitative estimate of drug-likeness (QED) is 0.805. The van der Waals surface area contributed by atoms with Crippen LogP contribution >= 0.6 is 28.3 Å². The third-order valence-corrected chi connectivity index (χ3v) is 4.74. The Bertz CT molecular complexity index is 486. The molecule has 2 aliphatic heterocycles. The standard InChI is InChI=1S/C14H17BrF2N2.ClH/c15-12-3-4-13(16)11(14(12)17)8-19-6-5-9-1-2-10(7-19)18-9;/h3-4,9-10,18H,1-2,5-8H2;1H. The van der Waals surface area contributed by atoms with Crippen molar-refractivity contribution in [1.29, 1.82) is 0 Å². The minimum Gasteiger partial charge on any atom is -0.310 e. The fourth-order valence-corrected chi connectivity index (χ4v) is 3.47.